The molecule has 2 heterocycles. The molecule has 0 aliphatic carbocycles. The molecule has 21 heavy (non-hydrogen) atoms. The van der Waals surface area contributed by atoms with Gasteiger partial charge in [0.2, 0.25) is 0 Å². The van der Waals surface area contributed by atoms with E-state index in [-0.39, 0.29) is 12.0 Å². The van der Waals surface area contributed by atoms with Gasteiger partial charge in [-0.3, -0.25) is 4.79 Å². The van der Waals surface area contributed by atoms with Crippen LogP contribution in [0.4, 0.5) is 0 Å². The van der Waals surface area contributed by atoms with Crippen LogP contribution >= 0.6 is 0 Å². The molecule has 6 nitrogen and oxygen atoms in total. The first kappa shape index (κ1) is 14.0. The molecular formula is C15H20N4O2. The van der Waals surface area contributed by atoms with Crippen LogP contribution in [0.1, 0.15) is 36.5 Å². The molecule has 0 radical (unpaired) electrons. The number of hydrogen-bond donors (Lipinski definition) is 1. The van der Waals surface area contributed by atoms with Gasteiger partial charge in [-0.25, -0.2) is 0 Å². The van der Waals surface area contributed by atoms with E-state index in [1.54, 1.807) is 6.07 Å². The van der Waals surface area contributed by atoms with Crippen LogP contribution < -0.4 is 0 Å². The largest absolute Gasteiger partial charge is 0.376 e. The predicted molar refractivity (Wildman–Crippen MR) is 79.1 cm³/mol. The number of ether oxygens (including phenoxy) is 1. The number of amides is 1. The van der Waals surface area contributed by atoms with Gasteiger partial charge < -0.3 is 9.64 Å². The second-order valence-corrected chi connectivity index (χ2v) is 5.41. The van der Waals surface area contributed by atoms with E-state index in [4.69, 9.17) is 4.74 Å². The van der Waals surface area contributed by atoms with E-state index in [0.29, 0.717) is 12.1 Å². The maximum atomic E-state index is 12.6. The fraction of sp³-hybridized carbons (Fsp3) is 0.533. The van der Waals surface area contributed by atoms with E-state index < -0.39 is 0 Å². The van der Waals surface area contributed by atoms with Crippen molar-refractivity contribution < 1.29 is 9.53 Å². The summed E-state index contributed by atoms with van der Waals surface area (Å²) in [5.74, 6) is 0.0460. The topological polar surface area (TPSA) is 71.1 Å². The van der Waals surface area contributed by atoms with Crippen LogP contribution in [0.2, 0.25) is 0 Å². The fourth-order valence-electron chi connectivity index (χ4n) is 2.70. The number of likely N-dealkylation sites (tertiary alicyclic amines) is 1. The second kappa shape index (κ2) is 6.22. The summed E-state index contributed by atoms with van der Waals surface area (Å²) < 4.78 is 5.78. The summed E-state index contributed by atoms with van der Waals surface area (Å²) in [4.78, 5) is 14.5. The SMILES string of the molecule is CCCO[C@@H]1CCCN(C(=O)c2ccc3n[nH]nc3c2)C1. The lowest BCUT2D eigenvalue weighted by molar-refractivity contribution is 0.00212. The maximum absolute atomic E-state index is 12.6. The Hall–Kier alpha value is -1.95. The van der Waals surface area contributed by atoms with Gasteiger partial charge in [0.15, 0.2) is 0 Å². The Balaban J connectivity index is 1.71. The Morgan fingerprint density at radius 2 is 2.29 bits per heavy atom. The Labute approximate surface area is 123 Å². The first-order valence-electron chi connectivity index (χ1n) is 7.49. The normalized spacial score (nSPS) is 19.1. The zero-order valence-electron chi connectivity index (χ0n) is 12.2. The van der Waals surface area contributed by atoms with Crippen molar-refractivity contribution in [1.82, 2.24) is 20.3 Å². The fourth-order valence-corrected chi connectivity index (χ4v) is 2.70. The number of carbonyl (C=O) groups is 1. The summed E-state index contributed by atoms with van der Waals surface area (Å²) in [6, 6.07) is 5.42. The van der Waals surface area contributed by atoms with Crippen molar-refractivity contribution >= 4 is 16.9 Å². The van der Waals surface area contributed by atoms with Crippen molar-refractivity contribution in [2.45, 2.75) is 32.3 Å². The number of H-pyrrole nitrogens is 1. The van der Waals surface area contributed by atoms with Crippen molar-refractivity contribution in [1.29, 1.82) is 0 Å². The maximum Gasteiger partial charge on any atom is 0.254 e. The molecule has 0 spiro atoms. The smallest absolute Gasteiger partial charge is 0.254 e. The summed E-state index contributed by atoms with van der Waals surface area (Å²) >= 11 is 0. The van der Waals surface area contributed by atoms with E-state index in [1.165, 1.54) is 0 Å². The van der Waals surface area contributed by atoms with Gasteiger partial charge in [-0.2, -0.15) is 15.4 Å². The summed E-state index contributed by atoms with van der Waals surface area (Å²) in [5, 5.41) is 10.6. The molecule has 2 aromatic rings. The molecule has 1 aliphatic heterocycles. The summed E-state index contributed by atoms with van der Waals surface area (Å²) in [5.41, 5.74) is 2.15. The van der Waals surface area contributed by atoms with E-state index in [9.17, 15) is 4.79 Å². The standard InChI is InChI=1S/C15H20N4O2/c1-2-8-21-12-4-3-7-19(10-12)15(20)11-5-6-13-14(9-11)17-18-16-13/h5-6,9,12H,2-4,7-8,10H2,1H3,(H,16,17,18)/t12-/m1/s1. The van der Waals surface area contributed by atoms with Gasteiger partial charge in [-0.15, -0.1) is 0 Å². The number of piperidine rings is 1. The van der Waals surface area contributed by atoms with E-state index >= 15 is 0 Å². The minimum atomic E-state index is 0.0460. The first-order valence-corrected chi connectivity index (χ1v) is 7.49. The number of nitrogens with one attached hydrogen (secondary N) is 1. The third-order valence-corrected chi connectivity index (χ3v) is 3.79. The first-order chi connectivity index (χ1) is 10.3. The second-order valence-electron chi connectivity index (χ2n) is 5.41. The zero-order valence-corrected chi connectivity index (χ0v) is 12.2. The van der Waals surface area contributed by atoms with Crippen LogP contribution in [0, 0.1) is 0 Å². The summed E-state index contributed by atoms with van der Waals surface area (Å²) in [7, 11) is 0. The molecule has 0 bridgehead atoms. The van der Waals surface area contributed by atoms with Crippen LogP contribution in [0.15, 0.2) is 18.2 Å². The molecule has 1 amide bonds. The molecule has 1 N–H and O–H groups in total. The molecule has 1 atom stereocenters. The number of hydrogen-bond acceptors (Lipinski definition) is 4. The number of rotatable bonds is 4. The quantitative estimate of drug-likeness (QED) is 0.934. The van der Waals surface area contributed by atoms with Crippen molar-refractivity contribution in [3.8, 4) is 0 Å². The molecule has 1 saturated heterocycles. The van der Waals surface area contributed by atoms with Crippen molar-refractivity contribution in [2.24, 2.45) is 0 Å². The highest BCUT2D eigenvalue weighted by atomic mass is 16.5. The Morgan fingerprint density at radius 3 is 3.14 bits per heavy atom. The van der Waals surface area contributed by atoms with Crippen LogP contribution in [-0.4, -0.2) is 52.0 Å². The number of nitrogens with zero attached hydrogens (tertiary/aromatic N) is 3. The van der Waals surface area contributed by atoms with Crippen LogP contribution in [-0.2, 0) is 4.74 Å². The molecule has 0 saturated carbocycles. The lowest BCUT2D eigenvalue weighted by Crippen LogP contribution is -2.43. The predicted octanol–water partition coefficient (Wildman–Crippen LogP) is 1.99. The highest BCUT2D eigenvalue weighted by molar-refractivity contribution is 5.97. The van der Waals surface area contributed by atoms with Gasteiger partial charge in [0.1, 0.15) is 11.0 Å². The highest BCUT2D eigenvalue weighted by Crippen LogP contribution is 2.18. The Bertz CT molecular complexity index is 625. The summed E-state index contributed by atoms with van der Waals surface area (Å²) in [6.45, 7) is 4.33. The Kier molecular flexibility index (Phi) is 4.15. The van der Waals surface area contributed by atoms with E-state index in [2.05, 4.69) is 22.3 Å². The van der Waals surface area contributed by atoms with Gasteiger partial charge in [0, 0.05) is 25.3 Å². The number of fused-ring (bicyclic) bond motifs is 1. The molecule has 6 heteroatoms. The van der Waals surface area contributed by atoms with Gasteiger partial charge >= 0.3 is 0 Å². The lowest BCUT2D eigenvalue weighted by Gasteiger charge is -2.32. The van der Waals surface area contributed by atoms with Crippen LogP contribution in [0.25, 0.3) is 11.0 Å². The Morgan fingerprint density at radius 1 is 1.43 bits per heavy atom. The van der Waals surface area contributed by atoms with Gasteiger partial charge in [0.25, 0.3) is 5.91 Å². The van der Waals surface area contributed by atoms with Crippen LogP contribution in [0.5, 0.6) is 0 Å². The minimum Gasteiger partial charge on any atom is -0.376 e. The lowest BCUT2D eigenvalue weighted by atomic mass is 10.1. The molecule has 1 aromatic carbocycles. The molecule has 1 aromatic heterocycles. The third-order valence-electron chi connectivity index (χ3n) is 3.79. The van der Waals surface area contributed by atoms with Crippen molar-refractivity contribution in [3.63, 3.8) is 0 Å². The molecule has 3 rings (SSSR count). The average Bonchev–Trinajstić information content (AvgIpc) is 3.00. The van der Waals surface area contributed by atoms with Crippen molar-refractivity contribution in [3.05, 3.63) is 23.8 Å². The molecule has 1 fully saturated rings. The number of benzene rings is 1. The van der Waals surface area contributed by atoms with E-state index in [1.807, 2.05) is 17.0 Å². The van der Waals surface area contributed by atoms with E-state index in [0.717, 1.165) is 43.4 Å². The minimum absolute atomic E-state index is 0.0460. The number of aromatic nitrogens is 3. The van der Waals surface area contributed by atoms with Crippen LogP contribution in [0.3, 0.4) is 0 Å². The number of carbonyl (C=O) groups excluding carboxylic acids is 1. The number of aromatic amines is 1. The third kappa shape index (κ3) is 3.05. The average molecular weight is 288 g/mol. The monoisotopic (exact) mass is 288 g/mol. The molecular weight excluding hydrogens is 268 g/mol. The van der Waals surface area contributed by atoms with Gasteiger partial charge in [0.05, 0.1) is 6.10 Å². The molecule has 1 aliphatic rings. The van der Waals surface area contributed by atoms with Gasteiger partial charge in [-0.05, 0) is 37.5 Å². The zero-order chi connectivity index (χ0) is 14.7. The highest BCUT2D eigenvalue weighted by Gasteiger charge is 2.25. The van der Waals surface area contributed by atoms with Crippen molar-refractivity contribution in [2.75, 3.05) is 19.7 Å². The van der Waals surface area contributed by atoms with Gasteiger partial charge in [-0.1, -0.05) is 6.92 Å². The molecule has 0 unspecified atom stereocenters. The molecule has 112 valence electrons. The summed E-state index contributed by atoms with van der Waals surface area (Å²) in [6.07, 6.45) is 3.20.